The molecule has 0 bridgehead atoms. The number of rotatable bonds is 3. The third-order valence-electron chi connectivity index (χ3n) is 7.03. The zero-order valence-electron chi connectivity index (χ0n) is 16.5. The predicted octanol–water partition coefficient (Wildman–Crippen LogP) is 3.96. The number of hydrogen-bond acceptors (Lipinski definition) is 3. The fourth-order valence-electron chi connectivity index (χ4n) is 5.31. The van der Waals surface area contributed by atoms with Crippen LogP contribution in [0.1, 0.15) is 53.9 Å². The molecule has 1 spiro atoms. The standard InChI is InChI=1S/C24H29N3O/c28-23(20-7-4-12-25-16-20)26-13-10-24(11-14-26)15-21(19-5-2-1-3-6-19)17-27(18-24)22-8-9-22/h1-7,12,16,21-22H,8-11,13-15,17-18H2/t21-/m1/s1. The molecule has 2 aliphatic heterocycles. The van der Waals surface area contributed by atoms with Gasteiger partial charge in [0.25, 0.3) is 5.91 Å². The van der Waals surface area contributed by atoms with Crippen LogP contribution in [0, 0.1) is 5.41 Å². The average molecular weight is 376 g/mol. The van der Waals surface area contributed by atoms with Gasteiger partial charge in [-0.15, -0.1) is 0 Å². The number of amides is 1. The lowest BCUT2D eigenvalue weighted by molar-refractivity contribution is 0.0111. The topological polar surface area (TPSA) is 36.4 Å². The Balaban J connectivity index is 1.31. The van der Waals surface area contributed by atoms with Crippen LogP contribution in [-0.2, 0) is 0 Å². The second kappa shape index (κ2) is 7.32. The van der Waals surface area contributed by atoms with Crippen molar-refractivity contribution in [3.8, 4) is 0 Å². The van der Waals surface area contributed by atoms with Crippen LogP contribution < -0.4 is 0 Å². The molecule has 2 aromatic rings. The van der Waals surface area contributed by atoms with Gasteiger partial charge in [-0.1, -0.05) is 30.3 Å². The summed E-state index contributed by atoms with van der Waals surface area (Å²) in [5, 5.41) is 0. The van der Waals surface area contributed by atoms with Gasteiger partial charge in [0.2, 0.25) is 0 Å². The molecule has 4 heteroatoms. The molecule has 0 N–H and O–H groups in total. The van der Waals surface area contributed by atoms with Gasteiger partial charge < -0.3 is 4.90 Å². The average Bonchev–Trinajstić information content (AvgIpc) is 3.60. The molecule has 0 radical (unpaired) electrons. The van der Waals surface area contributed by atoms with Crippen LogP contribution in [0.3, 0.4) is 0 Å². The number of hydrogen-bond donors (Lipinski definition) is 0. The summed E-state index contributed by atoms with van der Waals surface area (Å²) in [5.41, 5.74) is 2.55. The fourth-order valence-corrected chi connectivity index (χ4v) is 5.31. The van der Waals surface area contributed by atoms with E-state index in [1.54, 1.807) is 12.4 Å². The molecule has 1 amide bonds. The highest BCUT2D eigenvalue weighted by molar-refractivity contribution is 5.93. The van der Waals surface area contributed by atoms with Crippen molar-refractivity contribution in [3.05, 3.63) is 66.0 Å². The number of pyridine rings is 1. The molecule has 146 valence electrons. The van der Waals surface area contributed by atoms with Gasteiger partial charge >= 0.3 is 0 Å². The van der Waals surface area contributed by atoms with E-state index in [1.165, 1.54) is 37.9 Å². The lowest BCUT2D eigenvalue weighted by Crippen LogP contribution is -2.53. The monoisotopic (exact) mass is 375 g/mol. The minimum Gasteiger partial charge on any atom is -0.339 e. The van der Waals surface area contributed by atoms with Crippen LogP contribution in [-0.4, -0.2) is 52.9 Å². The number of likely N-dealkylation sites (tertiary alicyclic amines) is 2. The van der Waals surface area contributed by atoms with Crippen LogP contribution in [0.25, 0.3) is 0 Å². The van der Waals surface area contributed by atoms with Crippen LogP contribution in [0.5, 0.6) is 0 Å². The van der Waals surface area contributed by atoms with E-state index >= 15 is 0 Å². The SMILES string of the molecule is O=C(c1cccnc1)N1CCC2(CC1)C[C@@H](c1ccccc1)CN(C1CC1)C2. The van der Waals surface area contributed by atoms with Crippen molar-refractivity contribution in [1.29, 1.82) is 0 Å². The lowest BCUT2D eigenvalue weighted by atomic mass is 9.68. The highest BCUT2D eigenvalue weighted by Crippen LogP contribution is 2.47. The van der Waals surface area contributed by atoms with E-state index in [0.717, 1.165) is 32.0 Å². The van der Waals surface area contributed by atoms with Crippen molar-refractivity contribution < 1.29 is 4.79 Å². The van der Waals surface area contributed by atoms with Crippen LogP contribution >= 0.6 is 0 Å². The molecule has 3 fully saturated rings. The first-order valence-electron chi connectivity index (χ1n) is 10.7. The van der Waals surface area contributed by atoms with E-state index in [0.29, 0.717) is 16.9 Å². The third-order valence-corrected chi connectivity index (χ3v) is 7.03. The molecule has 1 aromatic heterocycles. The summed E-state index contributed by atoms with van der Waals surface area (Å²) in [6.45, 7) is 4.16. The van der Waals surface area contributed by atoms with E-state index in [2.05, 4.69) is 40.2 Å². The van der Waals surface area contributed by atoms with E-state index in [1.807, 2.05) is 17.0 Å². The predicted molar refractivity (Wildman–Crippen MR) is 110 cm³/mol. The van der Waals surface area contributed by atoms with Crippen LogP contribution in [0.2, 0.25) is 0 Å². The summed E-state index contributed by atoms with van der Waals surface area (Å²) in [6.07, 6.45) is 9.63. The smallest absolute Gasteiger partial charge is 0.255 e. The molecule has 28 heavy (non-hydrogen) atoms. The van der Waals surface area contributed by atoms with Crippen LogP contribution in [0.4, 0.5) is 0 Å². The molecule has 3 heterocycles. The highest BCUT2D eigenvalue weighted by atomic mass is 16.2. The summed E-state index contributed by atoms with van der Waals surface area (Å²) in [7, 11) is 0. The van der Waals surface area contributed by atoms with Gasteiger partial charge in [0.1, 0.15) is 0 Å². The molecule has 1 aromatic carbocycles. The number of benzene rings is 1. The Labute approximate surface area is 167 Å². The number of carbonyl (C=O) groups is 1. The minimum atomic E-state index is 0.136. The second-order valence-corrected chi connectivity index (χ2v) is 9.01. The molecular formula is C24H29N3O. The summed E-state index contributed by atoms with van der Waals surface area (Å²) in [4.78, 5) is 21.7. The van der Waals surface area contributed by atoms with Crippen LogP contribution in [0.15, 0.2) is 54.9 Å². The summed E-state index contributed by atoms with van der Waals surface area (Å²) >= 11 is 0. The Morgan fingerprint density at radius 2 is 1.82 bits per heavy atom. The molecule has 0 unspecified atom stereocenters. The molecule has 3 aliphatic rings. The number of carbonyl (C=O) groups excluding carboxylic acids is 1. The summed E-state index contributed by atoms with van der Waals surface area (Å²) in [5.74, 6) is 0.758. The van der Waals surface area contributed by atoms with Crippen molar-refractivity contribution in [3.63, 3.8) is 0 Å². The van der Waals surface area contributed by atoms with E-state index in [4.69, 9.17) is 0 Å². The normalized spacial score (nSPS) is 25.0. The Morgan fingerprint density at radius 3 is 2.50 bits per heavy atom. The summed E-state index contributed by atoms with van der Waals surface area (Å²) < 4.78 is 0. The maximum absolute atomic E-state index is 12.8. The van der Waals surface area contributed by atoms with Gasteiger partial charge in [-0.2, -0.15) is 0 Å². The Bertz CT molecular complexity index is 810. The maximum Gasteiger partial charge on any atom is 0.255 e. The van der Waals surface area contributed by atoms with Crippen molar-refractivity contribution in [2.24, 2.45) is 5.41 Å². The first-order valence-corrected chi connectivity index (χ1v) is 10.7. The number of nitrogens with zero attached hydrogens (tertiary/aromatic N) is 3. The molecule has 1 aliphatic carbocycles. The maximum atomic E-state index is 12.8. The van der Waals surface area contributed by atoms with Gasteiger partial charge in [0.05, 0.1) is 5.56 Å². The number of aromatic nitrogens is 1. The minimum absolute atomic E-state index is 0.136. The quantitative estimate of drug-likeness (QED) is 0.815. The first kappa shape index (κ1) is 17.9. The van der Waals surface area contributed by atoms with E-state index < -0.39 is 0 Å². The molecule has 5 rings (SSSR count). The summed E-state index contributed by atoms with van der Waals surface area (Å²) in [6, 6.07) is 15.6. The van der Waals surface area contributed by atoms with Gasteiger partial charge in [-0.25, -0.2) is 0 Å². The van der Waals surface area contributed by atoms with Gasteiger partial charge in [-0.05, 0) is 61.1 Å². The highest BCUT2D eigenvalue weighted by Gasteiger charge is 2.46. The third kappa shape index (κ3) is 3.58. The molecule has 1 atom stereocenters. The Hall–Kier alpha value is -2.20. The van der Waals surface area contributed by atoms with Gasteiger partial charge in [0.15, 0.2) is 0 Å². The Kier molecular flexibility index (Phi) is 4.67. The van der Waals surface area contributed by atoms with Crippen molar-refractivity contribution in [1.82, 2.24) is 14.8 Å². The molecular weight excluding hydrogens is 346 g/mol. The van der Waals surface area contributed by atoms with Crippen molar-refractivity contribution in [2.75, 3.05) is 26.2 Å². The van der Waals surface area contributed by atoms with Crippen molar-refractivity contribution >= 4 is 5.91 Å². The molecule has 1 saturated carbocycles. The Morgan fingerprint density at radius 1 is 1.04 bits per heavy atom. The zero-order chi connectivity index (χ0) is 19.0. The fraction of sp³-hybridized carbons (Fsp3) is 0.500. The van der Waals surface area contributed by atoms with E-state index in [9.17, 15) is 4.79 Å². The van der Waals surface area contributed by atoms with Gasteiger partial charge in [0, 0.05) is 44.6 Å². The van der Waals surface area contributed by atoms with Gasteiger partial charge in [-0.3, -0.25) is 14.7 Å². The first-order chi connectivity index (χ1) is 13.7. The lowest BCUT2D eigenvalue weighted by Gasteiger charge is -2.50. The molecule has 2 saturated heterocycles. The second-order valence-electron chi connectivity index (χ2n) is 9.01. The zero-order valence-corrected chi connectivity index (χ0v) is 16.5. The largest absolute Gasteiger partial charge is 0.339 e. The van der Waals surface area contributed by atoms with Crippen molar-refractivity contribution in [2.45, 2.75) is 44.1 Å². The number of piperidine rings is 2. The molecule has 4 nitrogen and oxygen atoms in total. The van der Waals surface area contributed by atoms with E-state index in [-0.39, 0.29) is 5.91 Å².